The molecule has 0 unspecified atom stereocenters. The molecule has 0 N–H and O–H groups in total. The second-order valence-electron chi connectivity index (χ2n) is 6.27. The monoisotopic (exact) mass is 384 g/mol. The van der Waals surface area contributed by atoms with Crippen LogP contribution < -0.4 is 9.80 Å². The maximum absolute atomic E-state index is 11.5. The first-order valence-electron chi connectivity index (χ1n) is 8.35. The lowest BCUT2D eigenvalue weighted by Gasteiger charge is -2.35. The molecular weight excluding hydrogens is 368 g/mol. The number of hydrogen-bond acceptors (Lipinski definition) is 9. The average molecular weight is 384 g/mol. The number of aromatic nitrogens is 4. The van der Waals surface area contributed by atoms with Crippen molar-refractivity contribution in [1.82, 2.24) is 19.6 Å². The average Bonchev–Trinajstić information content (AvgIpc) is 3.24. The molecule has 1 aliphatic heterocycles. The van der Waals surface area contributed by atoms with Crippen molar-refractivity contribution >= 4 is 33.8 Å². The zero-order valence-corrected chi connectivity index (χ0v) is 15.6. The minimum atomic E-state index is -0.392. The highest BCUT2D eigenvalue weighted by molar-refractivity contribution is 7.15. The topological polar surface area (TPSA) is 116 Å². The van der Waals surface area contributed by atoms with Gasteiger partial charge in [-0.25, -0.2) is 0 Å². The molecule has 0 saturated carbocycles. The summed E-state index contributed by atoms with van der Waals surface area (Å²) in [5, 5.41) is 31.2. The van der Waals surface area contributed by atoms with Crippen LogP contribution in [0.2, 0.25) is 0 Å². The van der Waals surface area contributed by atoms with E-state index in [2.05, 4.69) is 21.3 Å². The number of thiazole rings is 1. The molecule has 1 aliphatic rings. The highest BCUT2D eigenvalue weighted by atomic mass is 32.1. The molecule has 0 bridgehead atoms. The van der Waals surface area contributed by atoms with Gasteiger partial charge in [0.05, 0.1) is 5.69 Å². The van der Waals surface area contributed by atoms with Crippen LogP contribution in [0, 0.1) is 35.3 Å². The van der Waals surface area contributed by atoms with E-state index in [0.29, 0.717) is 48.3 Å². The Bertz CT molecular complexity index is 1070. The number of fused-ring (bicyclic) bond motifs is 1. The smallest absolute Gasteiger partial charge is 0.358 e. The first-order valence-corrected chi connectivity index (χ1v) is 9.23. The van der Waals surface area contributed by atoms with E-state index in [-0.39, 0.29) is 5.82 Å². The number of aryl methyl sites for hydroxylation is 1. The van der Waals surface area contributed by atoms with Crippen LogP contribution >= 0.6 is 11.3 Å². The number of nitrogens with zero attached hydrogens (tertiary/aromatic N) is 8. The maximum atomic E-state index is 11.5. The molecular formula is C16H16N8O2S. The molecule has 0 radical (unpaired) electrons. The van der Waals surface area contributed by atoms with Crippen molar-refractivity contribution in [2.45, 2.75) is 13.8 Å². The molecule has 10 nitrogen and oxygen atoms in total. The third-order valence-corrected chi connectivity index (χ3v) is 5.58. The van der Waals surface area contributed by atoms with Crippen LogP contribution in [0.4, 0.5) is 17.5 Å². The fourth-order valence-corrected chi connectivity index (χ4v) is 3.93. The normalized spacial score (nSPS) is 14.6. The second kappa shape index (κ2) is 6.48. The number of anilines is 2. The van der Waals surface area contributed by atoms with Crippen LogP contribution in [0.3, 0.4) is 0 Å². The van der Waals surface area contributed by atoms with E-state index in [1.807, 2.05) is 23.6 Å². The molecule has 0 aliphatic carbocycles. The number of nitriles is 1. The Balaban J connectivity index is 1.60. The molecule has 138 valence electrons. The Morgan fingerprint density at radius 2 is 1.85 bits per heavy atom. The maximum Gasteiger partial charge on any atom is 0.373 e. The van der Waals surface area contributed by atoms with E-state index in [4.69, 9.17) is 0 Å². The van der Waals surface area contributed by atoms with E-state index in [0.717, 1.165) is 11.3 Å². The summed E-state index contributed by atoms with van der Waals surface area (Å²) in [5.74, 6) is 0.946. The summed E-state index contributed by atoms with van der Waals surface area (Å²) in [7, 11) is 0. The number of nitro groups is 1. The molecule has 0 aromatic carbocycles. The van der Waals surface area contributed by atoms with Crippen LogP contribution in [-0.4, -0.2) is 50.7 Å². The van der Waals surface area contributed by atoms with E-state index in [9.17, 15) is 15.4 Å². The van der Waals surface area contributed by atoms with Gasteiger partial charge in [-0.05, 0) is 24.3 Å². The Kier molecular flexibility index (Phi) is 4.12. The molecule has 3 aromatic heterocycles. The summed E-state index contributed by atoms with van der Waals surface area (Å²) in [6.07, 6.45) is 1.66. The van der Waals surface area contributed by atoms with E-state index < -0.39 is 4.92 Å². The molecule has 11 heteroatoms. The Labute approximate surface area is 158 Å². The minimum Gasteiger partial charge on any atom is -0.358 e. The third kappa shape index (κ3) is 2.74. The van der Waals surface area contributed by atoms with Gasteiger partial charge in [-0.3, -0.25) is 0 Å². The lowest BCUT2D eigenvalue weighted by Crippen LogP contribution is -2.47. The summed E-state index contributed by atoms with van der Waals surface area (Å²) in [4.78, 5) is 20.1. The van der Waals surface area contributed by atoms with Crippen molar-refractivity contribution in [2.75, 3.05) is 36.0 Å². The molecule has 4 rings (SSSR count). The predicted octanol–water partition coefficient (Wildman–Crippen LogP) is 1.91. The highest BCUT2D eigenvalue weighted by Crippen LogP contribution is 2.32. The van der Waals surface area contributed by atoms with Crippen molar-refractivity contribution in [2.24, 2.45) is 0 Å². The minimum absolute atomic E-state index is 0.0108. The van der Waals surface area contributed by atoms with Crippen molar-refractivity contribution < 1.29 is 4.92 Å². The fraction of sp³-hybridized carbons (Fsp3) is 0.375. The molecule has 1 saturated heterocycles. The molecule has 0 amide bonds. The van der Waals surface area contributed by atoms with Crippen LogP contribution in [0.25, 0.3) is 4.96 Å². The Hall–Kier alpha value is -3.26. The van der Waals surface area contributed by atoms with E-state index in [1.54, 1.807) is 11.6 Å². The van der Waals surface area contributed by atoms with Crippen LogP contribution in [0.5, 0.6) is 0 Å². The number of hydrogen-bond donors (Lipinski definition) is 0. The standard InChI is InChI=1S/C16H16N8O2S/c1-10-11(2)19-20-13(12(10)9-17)21-3-5-22(6-4-21)14-15(24(25)26)23-7-8-27-16(23)18-14/h7-8H,3-6H2,1-2H3. The van der Waals surface area contributed by atoms with Gasteiger partial charge in [0.15, 0.2) is 5.82 Å². The number of piperazine rings is 1. The van der Waals surface area contributed by atoms with E-state index in [1.165, 1.54) is 15.7 Å². The third-order valence-electron chi connectivity index (χ3n) is 4.82. The van der Waals surface area contributed by atoms with Crippen molar-refractivity contribution in [3.05, 3.63) is 38.5 Å². The Morgan fingerprint density at radius 3 is 2.48 bits per heavy atom. The molecule has 27 heavy (non-hydrogen) atoms. The predicted molar refractivity (Wildman–Crippen MR) is 100 cm³/mol. The van der Waals surface area contributed by atoms with Gasteiger partial charge in [0.2, 0.25) is 5.82 Å². The summed E-state index contributed by atoms with van der Waals surface area (Å²) < 4.78 is 1.51. The quantitative estimate of drug-likeness (QED) is 0.496. The SMILES string of the molecule is Cc1nnc(N2CCN(c3nc4sccn4c3[N+](=O)[O-])CC2)c(C#N)c1C. The summed E-state index contributed by atoms with van der Waals surface area (Å²) in [5.41, 5.74) is 2.10. The van der Waals surface area contributed by atoms with Crippen molar-refractivity contribution in [1.29, 1.82) is 5.26 Å². The van der Waals surface area contributed by atoms with Gasteiger partial charge in [0.25, 0.3) is 4.96 Å². The first-order chi connectivity index (χ1) is 13.0. The molecule has 1 fully saturated rings. The molecule has 3 aromatic rings. The molecule has 0 atom stereocenters. The van der Waals surface area contributed by atoms with Crippen LogP contribution in [0.1, 0.15) is 16.8 Å². The van der Waals surface area contributed by atoms with Crippen LogP contribution in [-0.2, 0) is 0 Å². The second-order valence-corrected chi connectivity index (χ2v) is 7.14. The highest BCUT2D eigenvalue weighted by Gasteiger charge is 2.31. The summed E-state index contributed by atoms with van der Waals surface area (Å²) in [6.45, 7) is 5.94. The van der Waals surface area contributed by atoms with Gasteiger partial charge < -0.3 is 19.9 Å². The molecule has 4 heterocycles. The molecule has 0 spiro atoms. The van der Waals surface area contributed by atoms with Gasteiger partial charge in [-0.15, -0.1) is 5.10 Å². The van der Waals surface area contributed by atoms with Gasteiger partial charge in [-0.1, -0.05) is 11.3 Å². The summed E-state index contributed by atoms with van der Waals surface area (Å²) in [6, 6.07) is 2.22. The number of imidazole rings is 1. The fourth-order valence-electron chi connectivity index (χ4n) is 3.23. The van der Waals surface area contributed by atoms with Gasteiger partial charge in [0, 0.05) is 31.6 Å². The zero-order chi connectivity index (χ0) is 19.1. The number of rotatable bonds is 3. The van der Waals surface area contributed by atoms with Crippen molar-refractivity contribution in [3.63, 3.8) is 0 Å². The zero-order valence-electron chi connectivity index (χ0n) is 14.8. The van der Waals surface area contributed by atoms with Crippen LogP contribution in [0.15, 0.2) is 11.6 Å². The van der Waals surface area contributed by atoms with Gasteiger partial charge in [-0.2, -0.15) is 19.7 Å². The van der Waals surface area contributed by atoms with Gasteiger partial charge in [0.1, 0.15) is 17.8 Å². The van der Waals surface area contributed by atoms with Crippen molar-refractivity contribution in [3.8, 4) is 6.07 Å². The summed E-state index contributed by atoms with van der Waals surface area (Å²) >= 11 is 1.37. The lowest BCUT2D eigenvalue weighted by atomic mass is 10.1. The van der Waals surface area contributed by atoms with E-state index >= 15 is 0 Å². The first kappa shape index (κ1) is 17.2. The van der Waals surface area contributed by atoms with Gasteiger partial charge >= 0.3 is 5.82 Å². The largest absolute Gasteiger partial charge is 0.373 e. The Morgan fingerprint density at radius 1 is 1.19 bits per heavy atom. The lowest BCUT2D eigenvalue weighted by molar-refractivity contribution is -0.389.